The van der Waals surface area contributed by atoms with Gasteiger partial charge in [0.25, 0.3) is 0 Å². The number of carbonyl (C=O) groups excluding carboxylic acids is 2. The molecule has 178 valence electrons. The van der Waals surface area contributed by atoms with Crippen LogP contribution in [-0.2, 0) is 14.3 Å². The average molecular weight is 463 g/mol. The largest absolute Gasteiger partial charge is 0.481 e. The minimum atomic E-state index is -0.900. The molecule has 0 aromatic heterocycles. The maximum Gasteiger partial charge on any atom is 0.407 e. The highest BCUT2D eigenvalue weighted by Gasteiger charge is 2.48. The van der Waals surface area contributed by atoms with Gasteiger partial charge in [0.2, 0.25) is 5.91 Å². The zero-order valence-electron chi connectivity index (χ0n) is 19.5. The number of nitrogens with zero attached hydrogens (tertiary/aromatic N) is 1. The van der Waals surface area contributed by atoms with E-state index in [1.54, 1.807) is 11.0 Å². The Kier molecular flexibility index (Phi) is 6.72. The molecule has 2 amide bonds. The van der Waals surface area contributed by atoms with Crippen molar-refractivity contribution in [1.29, 1.82) is 0 Å². The molecule has 1 aliphatic carbocycles. The van der Waals surface area contributed by atoms with Crippen LogP contribution in [0, 0.1) is 11.3 Å². The Hall–Kier alpha value is -3.61. The van der Waals surface area contributed by atoms with Gasteiger partial charge in [0.15, 0.2) is 0 Å². The summed E-state index contributed by atoms with van der Waals surface area (Å²) in [7, 11) is 0. The van der Waals surface area contributed by atoms with Crippen molar-refractivity contribution < 1.29 is 24.2 Å². The van der Waals surface area contributed by atoms with E-state index in [-0.39, 0.29) is 37.4 Å². The lowest BCUT2D eigenvalue weighted by Gasteiger charge is -2.28. The Bertz CT molecular complexity index is 1080. The van der Waals surface area contributed by atoms with Crippen molar-refractivity contribution >= 4 is 18.0 Å². The summed E-state index contributed by atoms with van der Waals surface area (Å²) in [5.41, 5.74) is 3.72. The van der Waals surface area contributed by atoms with Crippen molar-refractivity contribution in [3.8, 4) is 11.1 Å². The first-order valence-electron chi connectivity index (χ1n) is 11.6. The summed E-state index contributed by atoms with van der Waals surface area (Å²) in [5.74, 6) is -1.19. The van der Waals surface area contributed by atoms with Gasteiger partial charge in [0, 0.05) is 31.6 Å². The standard InChI is InChI=1S/C27H30N2O5/c1-18(2)27(25(31)32)13-15-29(17-27)24(30)12-7-14-28-26(33)34-16-23-21-10-5-3-8-19(21)20-9-4-6-11-22(20)23/h3-12,18,23H,13-17H2,1-2H3,(H,28,33)(H,31,32)/b12-7+. The number of hydrogen-bond donors (Lipinski definition) is 2. The van der Waals surface area contributed by atoms with E-state index in [1.807, 2.05) is 38.1 Å². The molecule has 7 nitrogen and oxygen atoms in total. The number of amides is 2. The van der Waals surface area contributed by atoms with Gasteiger partial charge in [0.1, 0.15) is 6.61 Å². The van der Waals surface area contributed by atoms with Crippen molar-refractivity contribution in [2.45, 2.75) is 26.2 Å². The maximum absolute atomic E-state index is 12.5. The smallest absolute Gasteiger partial charge is 0.407 e. The second kappa shape index (κ2) is 9.71. The highest BCUT2D eigenvalue weighted by Crippen LogP contribution is 2.44. The van der Waals surface area contributed by atoms with E-state index in [0.717, 1.165) is 11.1 Å². The summed E-state index contributed by atoms with van der Waals surface area (Å²) in [4.78, 5) is 38.0. The van der Waals surface area contributed by atoms with Crippen molar-refractivity contribution in [2.75, 3.05) is 26.2 Å². The monoisotopic (exact) mass is 462 g/mol. The summed E-state index contributed by atoms with van der Waals surface area (Å²) in [6.45, 7) is 4.72. The summed E-state index contributed by atoms with van der Waals surface area (Å²) >= 11 is 0. The van der Waals surface area contributed by atoms with Crippen molar-refractivity contribution in [1.82, 2.24) is 10.2 Å². The summed E-state index contributed by atoms with van der Waals surface area (Å²) in [6, 6.07) is 16.3. The summed E-state index contributed by atoms with van der Waals surface area (Å²) in [5, 5.41) is 12.3. The van der Waals surface area contributed by atoms with E-state index >= 15 is 0 Å². The van der Waals surface area contributed by atoms with Crippen LogP contribution in [0.5, 0.6) is 0 Å². The maximum atomic E-state index is 12.5. The van der Waals surface area contributed by atoms with Crippen LogP contribution >= 0.6 is 0 Å². The van der Waals surface area contributed by atoms with E-state index in [1.165, 1.54) is 17.2 Å². The minimum Gasteiger partial charge on any atom is -0.481 e. The molecule has 0 saturated carbocycles. The molecule has 1 unspecified atom stereocenters. The van der Waals surface area contributed by atoms with Gasteiger partial charge in [-0.1, -0.05) is 68.5 Å². The van der Waals surface area contributed by atoms with Gasteiger partial charge >= 0.3 is 12.1 Å². The van der Waals surface area contributed by atoms with Crippen molar-refractivity contribution in [3.63, 3.8) is 0 Å². The van der Waals surface area contributed by atoms with Crippen LogP contribution in [0.1, 0.15) is 37.3 Å². The molecule has 1 fully saturated rings. The minimum absolute atomic E-state index is 0.0131. The van der Waals surface area contributed by atoms with Gasteiger partial charge in [-0.05, 0) is 34.6 Å². The fraction of sp³-hybridized carbons (Fsp3) is 0.370. The molecule has 0 bridgehead atoms. The molecule has 2 aromatic rings. The molecule has 2 N–H and O–H groups in total. The quantitative estimate of drug-likeness (QED) is 0.606. The number of likely N-dealkylation sites (tertiary alicyclic amines) is 1. The molecule has 0 spiro atoms. The zero-order valence-corrected chi connectivity index (χ0v) is 19.5. The number of carbonyl (C=O) groups is 3. The SMILES string of the molecule is CC(C)C1(C(=O)O)CCN(C(=O)/C=C/CNC(=O)OCC2c3ccccc3-c3ccccc32)C1. The number of rotatable bonds is 7. The molecule has 1 aliphatic heterocycles. The van der Waals surface area contributed by atoms with E-state index in [4.69, 9.17) is 4.74 Å². The fourth-order valence-corrected chi connectivity index (χ4v) is 4.97. The van der Waals surface area contributed by atoms with Crippen LogP contribution in [0.3, 0.4) is 0 Å². The third kappa shape index (κ3) is 4.42. The van der Waals surface area contributed by atoms with Crippen molar-refractivity contribution in [2.24, 2.45) is 11.3 Å². The third-order valence-corrected chi connectivity index (χ3v) is 7.11. The molecule has 1 heterocycles. The molecule has 2 aliphatic rings. The van der Waals surface area contributed by atoms with E-state index in [9.17, 15) is 19.5 Å². The van der Waals surface area contributed by atoms with Gasteiger partial charge < -0.3 is 20.1 Å². The van der Waals surface area contributed by atoms with Crippen LogP contribution in [0.4, 0.5) is 4.79 Å². The Morgan fingerprint density at radius 1 is 1.12 bits per heavy atom. The third-order valence-electron chi connectivity index (χ3n) is 7.11. The lowest BCUT2D eigenvalue weighted by atomic mass is 9.76. The molecule has 7 heteroatoms. The van der Waals surface area contributed by atoms with E-state index < -0.39 is 17.5 Å². The number of aliphatic carboxylic acids is 1. The predicted octanol–water partition coefficient (Wildman–Crippen LogP) is 4.04. The van der Waals surface area contributed by atoms with Crippen LogP contribution < -0.4 is 5.32 Å². The van der Waals surface area contributed by atoms with Crippen molar-refractivity contribution in [3.05, 3.63) is 71.8 Å². The molecule has 0 radical (unpaired) electrons. The predicted molar refractivity (Wildman–Crippen MR) is 128 cm³/mol. The Morgan fingerprint density at radius 3 is 2.29 bits per heavy atom. The Balaban J connectivity index is 1.26. The first-order valence-corrected chi connectivity index (χ1v) is 11.6. The van der Waals surface area contributed by atoms with E-state index in [0.29, 0.717) is 13.0 Å². The van der Waals surface area contributed by atoms with Crippen LogP contribution in [-0.4, -0.2) is 54.2 Å². The topological polar surface area (TPSA) is 95.9 Å². The summed E-state index contributed by atoms with van der Waals surface area (Å²) < 4.78 is 5.48. The number of benzene rings is 2. The Labute approximate surface area is 199 Å². The molecule has 1 saturated heterocycles. The second-order valence-corrected chi connectivity index (χ2v) is 9.23. The number of carboxylic acid groups (broad SMARTS) is 1. The number of fused-ring (bicyclic) bond motifs is 3. The highest BCUT2D eigenvalue weighted by molar-refractivity contribution is 5.89. The fourth-order valence-electron chi connectivity index (χ4n) is 4.97. The number of carboxylic acids is 1. The van der Waals surface area contributed by atoms with E-state index in [2.05, 4.69) is 29.6 Å². The second-order valence-electron chi connectivity index (χ2n) is 9.23. The van der Waals surface area contributed by atoms with Crippen LogP contribution in [0.2, 0.25) is 0 Å². The van der Waals surface area contributed by atoms with Gasteiger partial charge in [-0.15, -0.1) is 0 Å². The molecule has 4 rings (SSSR count). The van der Waals surface area contributed by atoms with Crippen LogP contribution in [0.15, 0.2) is 60.7 Å². The first kappa shape index (κ1) is 23.5. The number of hydrogen-bond acceptors (Lipinski definition) is 4. The normalized spacial score (nSPS) is 19.3. The van der Waals surface area contributed by atoms with Gasteiger partial charge in [0.05, 0.1) is 5.41 Å². The number of nitrogens with one attached hydrogen (secondary N) is 1. The van der Waals surface area contributed by atoms with Gasteiger partial charge in [-0.3, -0.25) is 9.59 Å². The Morgan fingerprint density at radius 2 is 1.74 bits per heavy atom. The zero-order chi connectivity index (χ0) is 24.3. The highest BCUT2D eigenvalue weighted by atomic mass is 16.5. The van der Waals surface area contributed by atoms with Crippen LogP contribution in [0.25, 0.3) is 11.1 Å². The summed E-state index contributed by atoms with van der Waals surface area (Å²) in [6.07, 6.45) is 2.82. The molecule has 1 atom stereocenters. The lowest BCUT2D eigenvalue weighted by molar-refractivity contribution is -0.151. The number of alkyl carbamates (subject to hydrolysis) is 1. The van der Waals surface area contributed by atoms with Gasteiger partial charge in [-0.25, -0.2) is 4.79 Å². The van der Waals surface area contributed by atoms with Gasteiger partial charge in [-0.2, -0.15) is 0 Å². The number of ether oxygens (including phenoxy) is 1. The first-order chi connectivity index (χ1) is 16.3. The molecule has 34 heavy (non-hydrogen) atoms. The average Bonchev–Trinajstić information content (AvgIpc) is 3.42. The lowest BCUT2D eigenvalue weighted by Crippen LogP contribution is -2.40. The molecular weight excluding hydrogens is 432 g/mol. The molecular formula is C27H30N2O5. The molecule has 2 aromatic carbocycles.